The molecule has 0 aliphatic carbocycles. The molecule has 0 radical (unpaired) electrons. The molecule has 25 heavy (non-hydrogen) atoms. The van der Waals surface area contributed by atoms with Gasteiger partial charge in [-0.05, 0) is 44.0 Å². The van der Waals surface area contributed by atoms with Crippen LogP contribution in [0.5, 0.6) is 0 Å². The van der Waals surface area contributed by atoms with Gasteiger partial charge in [0.05, 0.1) is 11.1 Å². The summed E-state index contributed by atoms with van der Waals surface area (Å²) < 4.78 is 1.63. The van der Waals surface area contributed by atoms with Gasteiger partial charge in [-0.25, -0.2) is 4.68 Å². The Morgan fingerprint density at radius 2 is 1.96 bits per heavy atom. The number of aliphatic carboxylic acids is 1. The van der Waals surface area contributed by atoms with Gasteiger partial charge in [0.1, 0.15) is 0 Å². The number of halogens is 1. The van der Waals surface area contributed by atoms with E-state index in [4.69, 9.17) is 11.6 Å². The van der Waals surface area contributed by atoms with E-state index in [1.165, 1.54) is 0 Å². The lowest BCUT2D eigenvalue weighted by Gasteiger charge is -2.26. The van der Waals surface area contributed by atoms with Crippen molar-refractivity contribution in [2.24, 2.45) is 5.41 Å². The third-order valence-electron chi connectivity index (χ3n) is 4.57. The molecule has 1 aromatic heterocycles. The van der Waals surface area contributed by atoms with Gasteiger partial charge < -0.3 is 10.4 Å². The first kappa shape index (κ1) is 19.0. The van der Waals surface area contributed by atoms with Crippen LogP contribution in [0.3, 0.4) is 0 Å². The summed E-state index contributed by atoms with van der Waals surface area (Å²) in [6, 6.07) is 8.83. The number of amides is 1. The molecular formula is C18H22ClN3O3. The van der Waals surface area contributed by atoms with E-state index in [1.807, 2.05) is 32.9 Å². The average Bonchev–Trinajstić information content (AvgIpc) is 2.97. The molecule has 2 N–H and O–H groups in total. The predicted octanol–water partition coefficient (Wildman–Crippen LogP) is 3.45. The number of rotatable bonds is 7. The van der Waals surface area contributed by atoms with Crippen LogP contribution in [0.2, 0.25) is 5.02 Å². The van der Waals surface area contributed by atoms with Crippen molar-refractivity contribution in [3.05, 3.63) is 46.7 Å². The highest BCUT2D eigenvalue weighted by molar-refractivity contribution is 6.30. The summed E-state index contributed by atoms with van der Waals surface area (Å²) in [6.07, 6.45) is 0.879. The first-order valence-electron chi connectivity index (χ1n) is 8.17. The molecule has 0 fully saturated rings. The van der Waals surface area contributed by atoms with Gasteiger partial charge in [0.25, 0.3) is 5.91 Å². The van der Waals surface area contributed by atoms with Gasteiger partial charge in [0.15, 0.2) is 5.69 Å². The van der Waals surface area contributed by atoms with Crippen LogP contribution in [0, 0.1) is 12.3 Å². The maximum absolute atomic E-state index is 12.4. The van der Waals surface area contributed by atoms with Crippen LogP contribution >= 0.6 is 11.6 Å². The fourth-order valence-electron chi connectivity index (χ4n) is 2.67. The third kappa shape index (κ3) is 4.02. The van der Waals surface area contributed by atoms with Gasteiger partial charge >= 0.3 is 5.97 Å². The highest BCUT2D eigenvalue weighted by Crippen LogP contribution is 2.26. The second-order valence-corrected chi connectivity index (χ2v) is 6.47. The highest BCUT2D eigenvalue weighted by Gasteiger charge is 2.35. The van der Waals surface area contributed by atoms with Crippen molar-refractivity contribution in [2.45, 2.75) is 33.6 Å². The summed E-state index contributed by atoms with van der Waals surface area (Å²) in [6.45, 7) is 5.52. The SMILES string of the molecule is CCC(CC)(CNC(=O)c1cc(C)n(-c2cccc(Cl)c2)n1)C(=O)O. The van der Waals surface area contributed by atoms with Crippen molar-refractivity contribution in [3.8, 4) is 5.69 Å². The first-order valence-corrected chi connectivity index (χ1v) is 8.55. The van der Waals surface area contributed by atoms with Gasteiger partial charge in [0, 0.05) is 17.3 Å². The molecule has 1 aromatic carbocycles. The number of carbonyl (C=O) groups is 2. The number of benzene rings is 1. The van der Waals surface area contributed by atoms with E-state index in [0.29, 0.717) is 17.9 Å². The normalized spacial score (nSPS) is 11.4. The Kier molecular flexibility index (Phi) is 5.85. The maximum Gasteiger partial charge on any atom is 0.311 e. The summed E-state index contributed by atoms with van der Waals surface area (Å²) in [7, 11) is 0. The lowest BCUT2D eigenvalue weighted by atomic mass is 9.82. The molecule has 0 saturated carbocycles. The van der Waals surface area contributed by atoms with Crippen LogP contribution in [-0.2, 0) is 4.79 Å². The summed E-state index contributed by atoms with van der Waals surface area (Å²) in [5.74, 6) is -1.30. The number of hydrogen-bond acceptors (Lipinski definition) is 3. The number of carbonyl (C=O) groups excluding carboxylic acids is 1. The van der Waals surface area contributed by atoms with Gasteiger partial charge in [-0.1, -0.05) is 31.5 Å². The zero-order valence-electron chi connectivity index (χ0n) is 14.5. The zero-order chi connectivity index (χ0) is 18.6. The van der Waals surface area contributed by atoms with E-state index < -0.39 is 17.3 Å². The molecule has 2 aromatic rings. The van der Waals surface area contributed by atoms with E-state index in [1.54, 1.807) is 22.9 Å². The Balaban J connectivity index is 2.18. The smallest absolute Gasteiger partial charge is 0.311 e. The molecule has 6 nitrogen and oxygen atoms in total. The lowest BCUT2D eigenvalue weighted by molar-refractivity contribution is -0.149. The summed E-state index contributed by atoms with van der Waals surface area (Å²) in [5.41, 5.74) is 0.818. The van der Waals surface area contributed by atoms with Crippen molar-refractivity contribution < 1.29 is 14.7 Å². The van der Waals surface area contributed by atoms with E-state index in [0.717, 1.165) is 11.4 Å². The fourth-order valence-corrected chi connectivity index (χ4v) is 2.86. The van der Waals surface area contributed by atoms with Crippen molar-refractivity contribution in [1.82, 2.24) is 15.1 Å². The Morgan fingerprint density at radius 3 is 2.52 bits per heavy atom. The minimum absolute atomic E-state index is 0.0667. The van der Waals surface area contributed by atoms with Crippen molar-refractivity contribution >= 4 is 23.5 Å². The monoisotopic (exact) mass is 363 g/mol. The van der Waals surface area contributed by atoms with Crippen LogP contribution in [0.1, 0.15) is 42.9 Å². The Morgan fingerprint density at radius 1 is 1.28 bits per heavy atom. The number of carboxylic acids is 1. The van der Waals surface area contributed by atoms with Crippen LogP contribution in [0.15, 0.2) is 30.3 Å². The van der Waals surface area contributed by atoms with Crippen molar-refractivity contribution in [1.29, 1.82) is 0 Å². The molecule has 0 bridgehead atoms. The maximum atomic E-state index is 12.4. The predicted molar refractivity (Wildman–Crippen MR) is 96.3 cm³/mol. The average molecular weight is 364 g/mol. The second kappa shape index (κ2) is 7.70. The second-order valence-electron chi connectivity index (χ2n) is 6.04. The Hall–Kier alpha value is -2.34. The van der Waals surface area contributed by atoms with Gasteiger partial charge in [-0.2, -0.15) is 5.10 Å². The topological polar surface area (TPSA) is 84.2 Å². The van der Waals surface area contributed by atoms with Gasteiger partial charge in [-0.15, -0.1) is 0 Å². The molecule has 7 heteroatoms. The number of nitrogens with zero attached hydrogens (tertiary/aromatic N) is 2. The van der Waals surface area contributed by atoms with Gasteiger partial charge in [0.2, 0.25) is 0 Å². The number of aromatic nitrogens is 2. The molecule has 0 spiro atoms. The minimum atomic E-state index is -0.958. The largest absolute Gasteiger partial charge is 0.481 e. The zero-order valence-corrected chi connectivity index (χ0v) is 15.3. The summed E-state index contributed by atoms with van der Waals surface area (Å²) in [4.78, 5) is 23.9. The number of carboxylic acid groups (broad SMARTS) is 1. The van der Waals surface area contributed by atoms with E-state index >= 15 is 0 Å². The summed E-state index contributed by atoms with van der Waals surface area (Å²) >= 11 is 6.00. The molecule has 134 valence electrons. The molecule has 0 aliphatic rings. The molecule has 0 saturated heterocycles. The minimum Gasteiger partial charge on any atom is -0.481 e. The molecule has 0 atom stereocenters. The number of hydrogen-bond donors (Lipinski definition) is 2. The lowest BCUT2D eigenvalue weighted by Crippen LogP contribution is -2.42. The fraction of sp³-hybridized carbons (Fsp3) is 0.389. The van der Waals surface area contributed by atoms with Crippen molar-refractivity contribution in [2.75, 3.05) is 6.54 Å². The molecule has 2 rings (SSSR count). The van der Waals surface area contributed by atoms with Crippen LogP contribution in [0.25, 0.3) is 5.69 Å². The molecular weight excluding hydrogens is 342 g/mol. The van der Waals surface area contributed by atoms with Crippen LogP contribution in [-0.4, -0.2) is 33.3 Å². The first-order chi connectivity index (χ1) is 11.8. The molecule has 0 aliphatic heterocycles. The van der Waals surface area contributed by atoms with Crippen LogP contribution in [0.4, 0.5) is 0 Å². The Bertz CT molecular complexity index is 782. The van der Waals surface area contributed by atoms with E-state index in [9.17, 15) is 14.7 Å². The quantitative estimate of drug-likeness (QED) is 0.789. The number of aryl methyl sites for hydroxylation is 1. The summed E-state index contributed by atoms with van der Waals surface area (Å²) in [5, 5.41) is 17.0. The van der Waals surface area contributed by atoms with Crippen molar-refractivity contribution in [3.63, 3.8) is 0 Å². The Labute approximate surface area is 151 Å². The standard InChI is InChI=1S/C18H22ClN3O3/c1-4-18(5-2,17(24)25)11-20-16(23)15-9-12(3)22(21-15)14-8-6-7-13(19)10-14/h6-10H,4-5,11H2,1-3H3,(H,20,23)(H,24,25). The number of nitrogens with one attached hydrogen (secondary N) is 1. The van der Waals surface area contributed by atoms with Crippen LogP contribution < -0.4 is 5.32 Å². The molecule has 1 amide bonds. The molecule has 1 heterocycles. The third-order valence-corrected chi connectivity index (χ3v) is 4.80. The molecule has 0 unspecified atom stereocenters. The van der Waals surface area contributed by atoms with Gasteiger partial charge in [-0.3, -0.25) is 9.59 Å². The highest BCUT2D eigenvalue weighted by atomic mass is 35.5. The van der Waals surface area contributed by atoms with E-state index in [2.05, 4.69) is 10.4 Å². The van der Waals surface area contributed by atoms with E-state index in [-0.39, 0.29) is 12.2 Å².